The van der Waals surface area contributed by atoms with Crippen molar-refractivity contribution in [3.05, 3.63) is 35.5 Å². The van der Waals surface area contributed by atoms with Crippen molar-refractivity contribution in [2.75, 3.05) is 4.72 Å². The smallest absolute Gasteiger partial charge is 0.308 e. The molecule has 0 saturated carbocycles. The average molecular weight is 354 g/mol. The fraction of sp³-hybridized carbons (Fsp3) is 0.333. The third-order valence-corrected chi connectivity index (χ3v) is 5.42. The predicted molar refractivity (Wildman–Crippen MR) is 89.4 cm³/mol. The van der Waals surface area contributed by atoms with E-state index < -0.39 is 16.0 Å². The number of hydrogen-bond donors (Lipinski definition) is 1. The van der Waals surface area contributed by atoms with E-state index in [1.165, 1.54) is 6.92 Å². The summed E-state index contributed by atoms with van der Waals surface area (Å²) in [6, 6.07) is 6.74. The van der Waals surface area contributed by atoms with E-state index in [0.717, 1.165) is 29.7 Å². The molecule has 6 nitrogen and oxygen atoms in total. The monoisotopic (exact) mass is 354 g/mol. The zero-order valence-electron chi connectivity index (χ0n) is 13.1. The number of aromatic nitrogens is 1. The van der Waals surface area contributed by atoms with Gasteiger partial charge in [0.05, 0.1) is 10.6 Å². The number of aryl methyl sites for hydroxylation is 2. The first-order valence-corrected chi connectivity index (χ1v) is 9.39. The number of esters is 1. The third-order valence-electron chi connectivity index (χ3n) is 2.98. The van der Waals surface area contributed by atoms with Crippen LogP contribution in [0.3, 0.4) is 0 Å². The van der Waals surface area contributed by atoms with Crippen LogP contribution >= 0.6 is 11.3 Å². The summed E-state index contributed by atoms with van der Waals surface area (Å²) in [5, 5.41) is 0.449. The van der Waals surface area contributed by atoms with E-state index in [-0.39, 0.29) is 15.1 Å². The van der Waals surface area contributed by atoms with Crippen LogP contribution in [0.1, 0.15) is 31.5 Å². The number of sulfonamides is 1. The lowest BCUT2D eigenvalue weighted by Gasteiger charge is -2.06. The first-order valence-electron chi connectivity index (χ1n) is 7.09. The van der Waals surface area contributed by atoms with Crippen LogP contribution < -0.4 is 9.46 Å². The van der Waals surface area contributed by atoms with Crippen LogP contribution in [0.25, 0.3) is 0 Å². The number of thiazole rings is 1. The number of carbonyl (C=O) groups is 1. The highest BCUT2D eigenvalue weighted by atomic mass is 32.2. The molecule has 0 saturated heterocycles. The molecule has 0 radical (unpaired) electrons. The van der Waals surface area contributed by atoms with Crippen molar-refractivity contribution in [1.29, 1.82) is 0 Å². The molecule has 2 aromatic rings. The number of ether oxygens (including phenoxy) is 1. The number of anilines is 1. The molecule has 8 heteroatoms. The van der Waals surface area contributed by atoms with Gasteiger partial charge in [-0.15, -0.1) is 0 Å². The largest absolute Gasteiger partial charge is 0.413 e. The predicted octanol–water partition coefficient (Wildman–Crippen LogP) is 3.13. The summed E-state index contributed by atoms with van der Waals surface area (Å²) < 4.78 is 32.1. The van der Waals surface area contributed by atoms with E-state index in [4.69, 9.17) is 4.74 Å². The third kappa shape index (κ3) is 4.52. The van der Waals surface area contributed by atoms with Crippen molar-refractivity contribution >= 4 is 32.5 Å². The minimum Gasteiger partial charge on any atom is -0.413 e. The van der Waals surface area contributed by atoms with Gasteiger partial charge >= 0.3 is 5.97 Å². The Balaban J connectivity index is 2.19. The van der Waals surface area contributed by atoms with E-state index in [0.29, 0.717) is 5.69 Å². The Morgan fingerprint density at radius 3 is 2.52 bits per heavy atom. The number of rotatable bonds is 6. The van der Waals surface area contributed by atoms with Gasteiger partial charge < -0.3 is 4.74 Å². The Morgan fingerprint density at radius 1 is 1.30 bits per heavy atom. The molecule has 0 aliphatic heterocycles. The topological polar surface area (TPSA) is 85.4 Å². The first-order chi connectivity index (χ1) is 10.8. The molecule has 0 fully saturated rings. The molecule has 0 aliphatic rings. The van der Waals surface area contributed by atoms with Gasteiger partial charge in [-0.25, -0.2) is 13.4 Å². The number of nitrogens with zero attached hydrogens (tertiary/aromatic N) is 1. The Labute approximate surface area is 139 Å². The molecule has 1 heterocycles. The van der Waals surface area contributed by atoms with Gasteiger partial charge in [-0.1, -0.05) is 36.8 Å². The molecule has 0 unspecified atom stereocenters. The Bertz CT molecular complexity index is 795. The zero-order chi connectivity index (χ0) is 17.0. The molecule has 1 aromatic carbocycles. The van der Waals surface area contributed by atoms with Crippen molar-refractivity contribution in [2.24, 2.45) is 0 Å². The quantitative estimate of drug-likeness (QED) is 0.806. The lowest BCUT2D eigenvalue weighted by molar-refractivity contribution is -0.131. The number of benzene rings is 1. The summed E-state index contributed by atoms with van der Waals surface area (Å²) in [4.78, 5) is 15.2. The SMILES string of the molecule is CCCc1ccc(S(=O)(=O)Nc2nc(C)c(OC(C)=O)s2)cc1. The zero-order valence-corrected chi connectivity index (χ0v) is 14.8. The van der Waals surface area contributed by atoms with E-state index in [1.807, 2.05) is 0 Å². The lowest BCUT2D eigenvalue weighted by Crippen LogP contribution is -2.12. The van der Waals surface area contributed by atoms with Crippen LogP contribution in [0.15, 0.2) is 29.2 Å². The highest BCUT2D eigenvalue weighted by molar-refractivity contribution is 7.93. The molecule has 1 aromatic heterocycles. The molecule has 124 valence electrons. The van der Waals surface area contributed by atoms with Crippen molar-refractivity contribution < 1.29 is 17.9 Å². The van der Waals surface area contributed by atoms with Crippen molar-refractivity contribution in [1.82, 2.24) is 4.98 Å². The van der Waals surface area contributed by atoms with Crippen molar-refractivity contribution in [3.63, 3.8) is 0 Å². The van der Waals surface area contributed by atoms with Gasteiger partial charge in [0.15, 0.2) is 5.13 Å². The molecular formula is C15H18N2O4S2. The van der Waals surface area contributed by atoms with E-state index in [2.05, 4.69) is 16.6 Å². The second kappa shape index (κ2) is 7.10. The van der Waals surface area contributed by atoms with Crippen molar-refractivity contribution in [3.8, 4) is 5.06 Å². The number of carbonyl (C=O) groups excluding carboxylic acids is 1. The minimum atomic E-state index is -3.72. The van der Waals surface area contributed by atoms with Crippen LogP contribution in [-0.4, -0.2) is 19.4 Å². The molecule has 0 aliphatic carbocycles. The maximum Gasteiger partial charge on any atom is 0.308 e. The van der Waals surface area contributed by atoms with Crippen LogP contribution in [-0.2, 0) is 21.2 Å². The normalized spacial score (nSPS) is 11.3. The van der Waals surface area contributed by atoms with Gasteiger partial charge in [-0.05, 0) is 31.0 Å². The fourth-order valence-electron chi connectivity index (χ4n) is 1.95. The average Bonchev–Trinajstić information content (AvgIpc) is 2.78. The van der Waals surface area contributed by atoms with E-state index >= 15 is 0 Å². The molecule has 0 spiro atoms. The Kier molecular flexibility index (Phi) is 5.38. The first kappa shape index (κ1) is 17.4. The maximum atomic E-state index is 12.4. The summed E-state index contributed by atoms with van der Waals surface area (Å²) in [6.45, 7) is 4.99. The van der Waals surface area contributed by atoms with Gasteiger partial charge in [0.25, 0.3) is 10.0 Å². The van der Waals surface area contributed by atoms with Crippen LogP contribution in [0.5, 0.6) is 5.06 Å². The molecule has 1 N–H and O–H groups in total. The second-order valence-electron chi connectivity index (χ2n) is 4.98. The standard InChI is InChI=1S/C15H18N2O4S2/c1-4-5-12-6-8-13(9-7-12)23(19,20)17-15-16-10(2)14(22-15)21-11(3)18/h6-9H,4-5H2,1-3H3,(H,16,17). The number of nitrogens with one attached hydrogen (secondary N) is 1. The van der Waals surface area contributed by atoms with Crippen molar-refractivity contribution in [2.45, 2.75) is 38.5 Å². The van der Waals surface area contributed by atoms with Gasteiger partial charge in [0.1, 0.15) is 0 Å². The van der Waals surface area contributed by atoms with Crippen LogP contribution in [0.4, 0.5) is 5.13 Å². The Morgan fingerprint density at radius 2 is 1.96 bits per heavy atom. The highest BCUT2D eigenvalue weighted by Gasteiger charge is 2.18. The molecule has 0 bridgehead atoms. The molecule has 23 heavy (non-hydrogen) atoms. The minimum absolute atomic E-state index is 0.163. The van der Waals surface area contributed by atoms with E-state index in [9.17, 15) is 13.2 Å². The molecular weight excluding hydrogens is 336 g/mol. The summed E-state index contributed by atoms with van der Waals surface area (Å²) in [7, 11) is -3.72. The maximum absolute atomic E-state index is 12.4. The second-order valence-corrected chi connectivity index (χ2v) is 7.63. The molecule has 0 atom stereocenters. The van der Waals surface area contributed by atoms with Crippen LogP contribution in [0.2, 0.25) is 0 Å². The van der Waals surface area contributed by atoms with Crippen LogP contribution in [0, 0.1) is 6.92 Å². The summed E-state index contributed by atoms with van der Waals surface area (Å²) >= 11 is 0.976. The highest BCUT2D eigenvalue weighted by Crippen LogP contribution is 2.31. The van der Waals surface area contributed by atoms with Gasteiger partial charge in [0, 0.05) is 6.92 Å². The molecule has 0 amide bonds. The summed E-state index contributed by atoms with van der Waals surface area (Å²) in [5.41, 5.74) is 1.55. The molecule has 2 rings (SSSR count). The van der Waals surface area contributed by atoms with Gasteiger partial charge in [-0.3, -0.25) is 9.52 Å². The fourth-order valence-corrected chi connectivity index (χ4v) is 4.04. The van der Waals surface area contributed by atoms with E-state index in [1.54, 1.807) is 31.2 Å². The summed E-state index contributed by atoms with van der Waals surface area (Å²) in [6.07, 6.45) is 1.91. The number of hydrogen-bond acceptors (Lipinski definition) is 6. The summed E-state index contributed by atoms with van der Waals surface area (Å²) in [5.74, 6) is -0.474. The lowest BCUT2D eigenvalue weighted by atomic mass is 10.1. The van der Waals surface area contributed by atoms with Gasteiger partial charge in [0.2, 0.25) is 5.06 Å². The van der Waals surface area contributed by atoms with Gasteiger partial charge in [-0.2, -0.15) is 0 Å². The Hall–Kier alpha value is -1.93.